The Morgan fingerprint density at radius 3 is 1.90 bits per heavy atom. The molecule has 4 aromatic heterocycles. The van der Waals surface area contributed by atoms with Gasteiger partial charge in [0.25, 0.3) is 0 Å². The number of para-hydroxylation sites is 2. The van der Waals surface area contributed by atoms with Crippen LogP contribution in [0.5, 0.6) is 0 Å². The molecule has 240 valence electrons. The molecule has 0 amide bonds. The highest BCUT2D eigenvalue weighted by atomic mass is 15.0. The van der Waals surface area contributed by atoms with E-state index < -0.39 is 0 Å². The summed E-state index contributed by atoms with van der Waals surface area (Å²) in [6.45, 7) is 0. The van der Waals surface area contributed by atoms with E-state index in [1.807, 2.05) is 0 Å². The highest BCUT2D eigenvalue weighted by molar-refractivity contribution is 6.32. The third-order valence-corrected chi connectivity index (χ3v) is 11.0. The zero-order valence-corrected chi connectivity index (χ0v) is 28.0. The Bertz CT molecular complexity index is 3390. The van der Waals surface area contributed by atoms with Crippen LogP contribution < -0.4 is 0 Å². The molecule has 4 heterocycles. The third-order valence-electron chi connectivity index (χ3n) is 11.0. The molecule has 4 nitrogen and oxygen atoms in total. The van der Waals surface area contributed by atoms with Gasteiger partial charge in [0.05, 0.1) is 38.8 Å². The summed E-state index contributed by atoms with van der Waals surface area (Å²) in [5.74, 6) is 0.728. The second kappa shape index (κ2) is 10.3. The Morgan fingerprint density at radius 2 is 1.04 bits per heavy atom. The molecule has 0 saturated carbocycles. The first-order chi connectivity index (χ1) is 25.8. The number of aromatic nitrogens is 4. The lowest BCUT2D eigenvalue weighted by Gasteiger charge is -2.13. The van der Waals surface area contributed by atoms with E-state index in [1.54, 1.807) is 0 Å². The van der Waals surface area contributed by atoms with Crippen molar-refractivity contribution < 1.29 is 0 Å². The average molecular weight is 661 g/mol. The van der Waals surface area contributed by atoms with Crippen molar-refractivity contribution in [1.29, 1.82) is 0 Å². The summed E-state index contributed by atoms with van der Waals surface area (Å²) in [6.07, 6.45) is 0. The van der Waals surface area contributed by atoms with Gasteiger partial charge in [-0.25, -0.2) is 9.97 Å². The molecule has 4 heteroatoms. The molecule has 12 rings (SSSR count). The standard InChI is InChI=1S/C48H28N4/c1-3-14-30(15-4-1)45-37-26-25-29-13-7-8-18-32(29)46(37)50-48(49-45)36-28-27-34-33-20-11-22-39-43(33)44-40(51(39)31-16-5-2-6-17-31)23-12-24-41(44)52-38-21-10-9-19-35(38)42(36)47(34)52/h1-28H. The Balaban J connectivity index is 1.29. The summed E-state index contributed by atoms with van der Waals surface area (Å²) < 4.78 is 4.91. The summed E-state index contributed by atoms with van der Waals surface area (Å²) in [4.78, 5) is 10.9. The predicted molar refractivity (Wildman–Crippen MR) is 217 cm³/mol. The molecule has 0 N–H and O–H groups in total. The number of hydrogen-bond donors (Lipinski definition) is 0. The van der Waals surface area contributed by atoms with Gasteiger partial charge < -0.3 is 8.97 Å². The minimum atomic E-state index is 0.728. The van der Waals surface area contributed by atoms with Gasteiger partial charge in [0.15, 0.2) is 5.82 Å². The predicted octanol–water partition coefficient (Wildman–Crippen LogP) is 12.4. The maximum absolute atomic E-state index is 5.45. The van der Waals surface area contributed by atoms with Crippen LogP contribution in [0.15, 0.2) is 170 Å². The fourth-order valence-electron chi connectivity index (χ4n) is 8.91. The molecule has 52 heavy (non-hydrogen) atoms. The minimum Gasteiger partial charge on any atom is -0.309 e. The Labute approximate surface area is 297 Å². The summed E-state index contributed by atoms with van der Waals surface area (Å²) in [7, 11) is 0. The minimum absolute atomic E-state index is 0.728. The lowest BCUT2D eigenvalue weighted by molar-refractivity contribution is 1.18. The van der Waals surface area contributed by atoms with E-state index in [9.17, 15) is 0 Å². The van der Waals surface area contributed by atoms with E-state index in [-0.39, 0.29) is 0 Å². The molecule has 0 radical (unpaired) electrons. The summed E-state index contributed by atoms with van der Waals surface area (Å²) in [6, 6.07) is 61.0. The highest BCUT2D eigenvalue weighted by Gasteiger charge is 2.24. The lowest BCUT2D eigenvalue weighted by Crippen LogP contribution is -1.97. The molecule has 0 unspecified atom stereocenters. The molecule has 0 aliphatic heterocycles. The first-order valence-electron chi connectivity index (χ1n) is 17.8. The molecule has 0 bridgehead atoms. The van der Waals surface area contributed by atoms with Gasteiger partial charge in [-0.05, 0) is 59.3 Å². The van der Waals surface area contributed by atoms with Crippen molar-refractivity contribution in [3.05, 3.63) is 170 Å². The molecule has 12 aromatic rings. The highest BCUT2D eigenvalue weighted by Crippen LogP contribution is 2.46. The van der Waals surface area contributed by atoms with E-state index in [0.29, 0.717) is 0 Å². The first kappa shape index (κ1) is 27.7. The second-order valence-corrected chi connectivity index (χ2v) is 13.7. The molecule has 0 aliphatic carbocycles. The molecular weight excluding hydrogens is 633 g/mol. The fraction of sp³-hybridized carbons (Fsp3) is 0. The summed E-state index contributed by atoms with van der Waals surface area (Å²) in [5.41, 5.74) is 11.1. The van der Waals surface area contributed by atoms with Crippen LogP contribution in [0.4, 0.5) is 0 Å². The van der Waals surface area contributed by atoms with Crippen LogP contribution in [0.3, 0.4) is 0 Å². The molecule has 0 atom stereocenters. The molecule has 0 saturated heterocycles. The maximum atomic E-state index is 5.45. The van der Waals surface area contributed by atoms with Crippen LogP contribution in [0.1, 0.15) is 0 Å². The molecule has 0 spiro atoms. The van der Waals surface area contributed by atoms with Gasteiger partial charge in [0, 0.05) is 54.5 Å². The average Bonchev–Trinajstić information content (AvgIpc) is 3.70. The number of hydrogen-bond acceptors (Lipinski definition) is 2. The normalized spacial score (nSPS) is 12.2. The lowest BCUT2D eigenvalue weighted by atomic mass is 9.98. The molecule has 8 aromatic carbocycles. The monoisotopic (exact) mass is 660 g/mol. The smallest absolute Gasteiger partial charge is 0.161 e. The topological polar surface area (TPSA) is 35.1 Å². The van der Waals surface area contributed by atoms with Crippen LogP contribution in [0, 0.1) is 0 Å². The Kier molecular flexibility index (Phi) is 5.47. The number of fused-ring (bicyclic) bond motifs is 8. The van der Waals surface area contributed by atoms with E-state index >= 15 is 0 Å². The SMILES string of the molecule is c1ccc(-c2nc(-c3ccc4c5cccc6c5c5c(cccc5n5c7ccccc7c3c45)n6-c3ccccc3)nc3c2ccc2ccccc23)cc1. The van der Waals surface area contributed by atoms with Crippen molar-refractivity contribution >= 4 is 81.6 Å². The maximum Gasteiger partial charge on any atom is 0.161 e. The van der Waals surface area contributed by atoms with Crippen LogP contribution in [0.25, 0.3) is 110 Å². The zero-order chi connectivity index (χ0) is 33.9. The first-order valence-corrected chi connectivity index (χ1v) is 17.8. The number of nitrogens with zero attached hydrogens (tertiary/aromatic N) is 4. The van der Waals surface area contributed by atoms with Crippen LogP contribution in [-0.2, 0) is 0 Å². The number of benzene rings is 8. The van der Waals surface area contributed by atoms with Gasteiger partial charge in [-0.3, -0.25) is 0 Å². The Hall–Kier alpha value is -7.04. The third kappa shape index (κ3) is 3.60. The van der Waals surface area contributed by atoms with Gasteiger partial charge in [0.1, 0.15) is 0 Å². The second-order valence-electron chi connectivity index (χ2n) is 13.7. The van der Waals surface area contributed by atoms with Gasteiger partial charge in [-0.1, -0.05) is 121 Å². The van der Waals surface area contributed by atoms with Crippen molar-refractivity contribution in [2.24, 2.45) is 0 Å². The zero-order valence-electron chi connectivity index (χ0n) is 28.0. The summed E-state index contributed by atoms with van der Waals surface area (Å²) >= 11 is 0. The molecular formula is C48H28N4. The summed E-state index contributed by atoms with van der Waals surface area (Å²) in [5, 5.41) is 10.7. The number of rotatable bonds is 3. The van der Waals surface area contributed by atoms with Crippen molar-refractivity contribution in [3.63, 3.8) is 0 Å². The van der Waals surface area contributed by atoms with Crippen molar-refractivity contribution in [2.45, 2.75) is 0 Å². The van der Waals surface area contributed by atoms with Crippen molar-refractivity contribution in [3.8, 4) is 28.3 Å². The van der Waals surface area contributed by atoms with Gasteiger partial charge in [0.2, 0.25) is 0 Å². The van der Waals surface area contributed by atoms with E-state index in [0.717, 1.165) is 44.6 Å². The van der Waals surface area contributed by atoms with E-state index in [4.69, 9.17) is 9.97 Å². The van der Waals surface area contributed by atoms with Crippen molar-refractivity contribution in [2.75, 3.05) is 0 Å². The Morgan fingerprint density at radius 1 is 0.385 bits per heavy atom. The van der Waals surface area contributed by atoms with Crippen molar-refractivity contribution in [1.82, 2.24) is 18.9 Å². The van der Waals surface area contributed by atoms with Crippen LogP contribution in [-0.4, -0.2) is 18.9 Å². The van der Waals surface area contributed by atoms with Gasteiger partial charge >= 0.3 is 0 Å². The molecule has 0 fully saturated rings. The molecule has 0 aliphatic rings. The van der Waals surface area contributed by atoms with E-state index in [2.05, 4.69) is 179 Å². The largest absolute Gasteiger partial charge is 0.309 e. The van der Waals surface area contributed by atoms with Crippen LogP contribution >= 0.6 is 0 Å². The van der Waals surface area contributed by atoms with Crippen LogP contribution in [0.2, 0.25) is 0 Å². The quantitative estimate of drug-likeness (QED) is 0.177. The van der Waals surface area contributed by atoms with Gasteiger partial charge in [-0.15, -0.1) is 0 Å². The fourth-order valence-corrected chi connectivity index (χ4v) is 8.91. The van der Waals surface area contributed by atoms with E-state index in [1.165, 1.54) is 65.3 Å². The van der Waals surface area contributed by atoms with Gasteiger partial charge in [-0.2, -0.15) is 0 Å².